The molecule has 30 heavy (non-hydrogen) atoms. The van der Waals surface area contributed by atoms with Gasteiger partial charge < -0.3 is 18.9 Å². The summed E-state index contributed by atoms with van der Waals surface area (Å²) in [5.74, 6) is -0.250. The van der Waals surface area contributed by atoms with E-state index in [4.69, 9.17) is 42.1 Å². The van der Waals surface area contributed by atoms with Gasteiger partial charge in [-0.15, -0.1) is 0 Å². The zero-order chi connectivity index (χ0) is 21.7. The van der Waals surface area contributed by atoms with Crippen molar-refractivity contribution in [1.82, 2.24) is 0 Å². The van der Waals surface area contributed by atoms with Crippen molar-refractivity contribution in [2.45, 2.75) is 13.8 Å². The smallest absolute Gasteiger partial charge is 0.344 e. The normalized spacial score (nSPS) is 10.8. The monoisotopic (exact) mass is 450 g/mol. The first kappa shape index (κ1) is 22.0. The highest BCUT2D eigenvalue weighted by Gasteiger charge is 2.22. The van der Waals surface area contributed by atoms with Crippen molar-refractivity contribution in [2.24, 2.45) is 0 Å². The highest BCUT2D eigenvalue weighted by molar-refractivity contribution is 6.42. The van der Waals surface area contributed by atoms with Crippen LogP contribution in [0.1, 0.15) is 13.8 Å². The van der Waals surface area contributed by atoms with Crippen molar-refractivity contribution < 1.29 is 28.5 Å². The third-order valence-corrected chi connectivity index (χ3v) is 4.88. The van der Waals surface area contributed by atoms with E-state index in [0.29, 0.717) is 43.1 Å². The fourth-order valence-corrected chi connectivity index (χ4v) is 3.60. The average Bonchev–Trinajstić information content (AvgIpc) is 2.73. The first-order chi connectivity index (χ1) is 14.5. The average molecular weight is 451 g/mol. The molecule has 0 amide bonds. The van der Waals surface area contributed by atoms with Crippen molar-refractivity contribution in [2.75, 3.05) is 26.4 Å². The molecule has 0 spiro atoms. The van der Waals surface area contributed by atoms with Crippen molar-refractivity contribution in [3.8, 4) is 11.5 Å². The standard InChI is InChI=1S/C22H20Cl2O6/c1-3-27-17(25)11-29-21-13-7-5-6-8-14(13)22(30-12-18(26)28-4-2)20-16(24)10-9-15(23)19(20)21/h5-10H,3-4,11-12H2,1-2H3. The van der Waals surface area contributed by atoms with Gasteiger partial charge in [-0.05, 0) is 26.0 Å². The van der Waals surface area contributed by atoms with Crippen LogP contribution in [0, 0.1) is 0 Å². The molecule has 6 nitrogen and oxygen atoms in total. The summed E-state index contributed by atoms with van der Waals surface area (Å²) in [5.41, 5.74) is 0. The molecule has 0 radical (unpaired) electrons. The largest absolute Gasteiger partial charge is 0.481 e. The zero-order valence-corrected chi connectivity index (χ0v) is 18.0. The number of rotatable bonds is 8. The number of benzene rings is 3. The second-order valence-electron chi connectivity index (χ2n) is 6.17. The number of halogens is 2. The van der Waals surface area contributed by atoms with Crippen LogP contribution in [0.4, 0.5) is 0 Å². The quantitative estimate of drug-likeness (QED) is 0.347. The van der Waals surface area contributed by atoms with Gasteiger partial charge in [-0.2, -0.15) is 0 Å². The summed E-state index contributed by atoms with van der Waals surface area (Å²) in [6, 6.07) is 10.5. The second-order valence-corrected chi connectivity index (χ2v) is 6.98. The first-order valence-electron chi connectivity index (χ1n) is 9.37. The molecule has 0 aliphatic heterocycles. The van der Waals surface area contributed by atoms with E-state index in [9.17, 15) is 9.59 Å². The van der Waals surface area contributed by atoms with Crippen LogP contribution in [-0.2, 0) is 19.1 Å². The lowest BCUT2D eigenvalue weighted by molar-refractivity contribution is -0.146. The molecule has 0 aromatic heterocycles. The fraction of sp³-hybridized carbons (Fsp3) is 0.273. The molecular formula is C22H20Cl2O6. The number of hydrogen-bond donors (Lipinski definition) is 0. The summed E-state index contributed by atoms with van der Waals surface area (Å²) < 4.78 is 21.6. The predicted octanol–water partition coefficient (Wildman–Crippen LogP) is 5.18. The van der Waals surface area contributed by atoms with E-state index in [1.54, 1.807) is 26.0 Å². The number of hydrogen-bond acceptors (Lipinski definition) is 6. The highest BCUT2D eigenvalue weighted by Crippen LogP contribution is 2.48. The molecule has 3 aromatic carbocycles. The van der Waals surface area contributed by atoms with E-state index in [2.05, 4.69) is 0 Å². The molecule has 8 heteroatoms. The summed E-state index contributed by atoms with van der Waals surface area (Å²) in [6.45, 7) is 3.34. The zero-order valence-electron chi connectivity index (χ0n) is 16.5. The van der Waals surface area contributed by atoms with E-state index in [-0.39, 0.29) is 26.4 Å². The molecule has 0 heterocycles. The number of esters is 2. The van der Waals surface area contributed by atoms with Crippen molar-refractivity contribution >= 4 is 56.7 Å². The molecule has 3 aromatic rings. The minimum absolute atomic E-state index is 0.247. The van der Waals surface area contributed by atoms with Crippen LogP contribution in [0.5, 0.6) is 11.5 Å². The maximum atomic E-state index is 11.9. The van der Waals surface area contributed by atoms with Crippen LogP contribution in [-0.4, -0.2) is 38.4 Å². The summed E-state index contributed by atoms with van der Waals surface area (Å²) in [6.07, 6.45) is 0. The fourth-order valence-electron chi connectivity index (χ4n) is 3.11. The number of fused-ring (bicyclic) bond motifs is 2. The van der Waals surface area contributed by atoms with Crippen molar-refractivity contribution in [3.05, 3.63) is 46.4 Å². The van der Waals surface area contributed by atoms with E-state index >= 15 is 0 Å². The Morgan fingerprint density at radius 1 is 0.733 bits per heavy atom. The molecule has 158 valence electrons. The van der Waals surface area contributed by atoms with Gasteiger partial charge in [0.05, 0.1) is 23.3 Å². The number of ether oxygens (including phenoxy) is 4. The molecular weight excluding hydrogens is 431 g/mol. The van der Waals surface area contributed by atoms with Gasteiger partial charge in [-0.1, -0.05) is 47.5 Å². The van der Waals surface area contributed by atoms with Gasteiger partial charge in [0, 0.05) is 21.5 Å². The predicted molar refractivity (Wildman–Crippen MR) is 116 cm³/mol. The van der Waals surface area contributed by atoms with Gasteiger partial charge in [-0.3, -0.25) is 0 Å². The topological polar surface area (TPSA) is 71.1 Å². The summed E-state index contributed by atoms with van der Waals surface area (Å²) in [5, 5.41) is 2.98. The maximum Gasteiger partial charge on any atom is 0.344 e. The molecule has 0 bridgehead atoms. The second kappa shape index (κ2) is 9.87. The minimum atomic E-state index is -0.504. The Kier molecular flexibility index (Phi) is 7.24. The van der Waals surface area contributed by atoms with Gasteiger partial charge in [-0.25, -0.2) is 9.59 Å². The van der Waals surface area contributed by atoms with E-state index in [1.165, 1.54) is 0 Å². The molecule has 0 N–H and O–H groups in total. The van der Waals surface area contributed by atoms with Crippen LogP contribution in [0.3, 0.4) is 0 Å². The number of carbonyl (C=O) groups is 2. The van der Waals surface area contributed by atoms with E-state index in [1.807, 2.05) is 24.3 Å². The summed E-state index contributed by atoms with van der Waals surface area (Å²) in [7, 11) is 0. The lowest BCUT2D eigenvalue weighted by Gasteiger charge is -2.19. The molecule has 0 aliphatic carbocycles. The highest BCUT2D eigenvalue weighted by atomic mass is 35.5. The third kappa shape index (κ3) is 4.55. The lowest BCUT2D eigenvalue weighted by Crippen LogP contribution is -2.16. The van der Waals surface area contributed by atoms with E-state index in [0.717, 1.165) is 0 Å². The van der Waals surface area contributed by atoms with Crippen LogP contribution >= 0.6 is 23.2 Å². The molecule has 0 unspecified atom stereocenters. The molecule has 0 aliphatic rings. The molecule has 3 rings (SSSR count). The SMILES string of the molecule is CCOC(=O)COc1c2ccccc2c(OCC(=O)OCC)c2c(Cl)ccc(Cl)c12. The van der Waals surface area contributed by atoms with Gasteiger partial charge in [0.2, 0.25) is 0 Å². The van der Waals surface area contributed by atoms with E-state index < -0.39 is 11.9 Å². The Hall–Kier alpha value is -2.70. The summed E-state index contributed by atoms with van der Waals surface area (Å²) >= 11 is 13.0. The van der Waals surface area contributed by atoms with Gasteiger partial charge >= 0.3 is 11.9 Å². The van der Waals surface area contributed by atoms with Gasteiger partial charge in [0.1, 0.15) is 11.5 Å². The molecule has 0 fully saturated rings. The number of carbonyl (C=O) groups excluding carboxylic acids is 2. The molecule has 0 saturated heterocycles. The first-order valence-corrected chi connectivity index (χ1v) is 10.1. The minimum Gasteiger partial charge on any atom is -0.481 e. The third-order valence-electron chi connectivity index (χ3n) is 4.25. The van der Waals surface area contributed by atoms with Crippen LogP contribution < -0.4 is 9.47 Å². The van der Waals surface area contributed by atoms with Gasteiger partial charge in [0.15, 0.2) is 13.2 Å². The molecule has 0 atom stereocenters. The Morgan fingerprint density at radius 2 is 1.13 bits per heavy atom. The van der Waals surface area contributed by atoms with Crippen molar-refractivity contribution in [3.63, 3.8) is 0 Å². The lowest BCUT2D eigenvalue weighted by atomic mass is 10.0. The Labute approximate surface area is 183 Å². The Bertz CT molecular complexity index is 1010. The Morgan fingerprint density at radius 3 is 1.50 bits per heavy atom. The van der Waals surface area contributed by atoms with Crippen molar-refractivity contribution in [1.29, 1.82) is 0 Å². The maximum absolute atomic E-state index is 11.9. The molecule has 0 saturated carbocycles. The van der Waals surface area contributed by atoms with Crippen LogP contribution in [0.15, 0.2) is 36.4 Å². The van der Waals surface area contributed by atoms with Crippen LogP contribution in [0.2, 0.25) is 10.0 Å². The van der Waals surface area contributed by atoms with Gasteiger partial charge in [0.25, 0.3) is 0 Å². The van der Waals surface area contributed by atoms with Crippen LogP contribution in [0.25, 0.3) is 21.5 Å². The Balaban J connectivity index is 2.21. The summed E-state index contributed by atoms with van der Waals surface area (Å²) in [4.78, 5) is 23.7.